The van der Waals surface area contributed by atoms with E-state index in [9.17, 15) is 10.5 Å². The second-order valence-corrected chi connectivity index (χ2v) is 15.9. The highest BCUT2D eigenvalue weighted by atomic mass is 15.1. The third-order valence-corrected chi connectivity index (χ3v) is 12.8. The van der Waals surface area contributed by atoms with E-state index < -0.39 is 0 Å². The second-order valence-electron chi connectivity index (χ2n) is 15.9. The van der Waals surface area contributed by atoms with Crippen LogP contribution < -0.4 is 0 Å². The van der Waals surface area contributed by atoms with Gasteiger partial charge in [0.05, 0.1) is 66.6 Å². The first-order valence-electron chi connectivity index (χ1n) is 20.7. The van der Waals surface area contributed by atoms with Crippen LogP contribution >= 0.6 is 0 Å². The molecule has 0 aliphatic rings. The van der Waals surface area contributed by atoms with E-state index >= 15 is 0 Å². The van der Waals surface area contributed by atoms with E-state index in [1.165, 1.54) is 0 Å². The Labute approximate surface area is 354 Å². The van der Waals surface area contributed by atoms with Crippen LogP contribution in [0.25, 0.3) is 110 Å². The molecule has 13 aromatic rings. The van der Waals surface area contributed by atoms with Gasteiger partial charge in [-0.3, -0.25) is 0 Å². The maximum atomic E-state index is 11.1. The van der Waals surface area contributed by atoms with Gasteiger partial charge in [0.2, 0.25) is 0 Å². The Bertz CT molecular complexity index is 3840. The number of fused-ring (bicyclic) bond motifs is 12. The summed E-state index contributed by atoms with van der Waals surface area (Å²) in [6.45, 7) is 0. The molecule has 0 atom stereocenters. The van der Waals surface area contributed by atoms with Crippen molar-refractivity contribution in [1.29, 1.82) is 10.5 Å². The van der Waals surface area contributed by atoms with Crippen molar-refractivity contribution >= 4 is 87.2 Å². The Morgan fingerprint density at radius 3 is 0.855 bits per heavy atom. The summed E-state index contributed by atoms with van der Waals surface area (Å²) in [6.07, 6.45) is 0. The topological polar surface area (TPSA) is 67.3 Å². The molecule has 0 saturated carbocycles. The average Bonchev–Trinajstić information content (AvgIpc) is 4.04. The van der Waals surface area contributed by atoms with Gasteiger partial charge in [0.25, 0.3) is 0 Å². The molecule has 0 amide bonds. The van der Waals surface area contributed by atoms with Crippen molar-refractivity contribution in [3.63, 3.8) is 0 Å². The number of nitrogens with zero attached hydrogens (tertiary/aromatic N) is 6. The highest BCUT2D eigenvalue weighted by Gasteiger charge is 2.27. The van der Waals surface area contributed by atoms with Crippen LogP contribution in [0.4, 0.5) is 0 Å². The molecule has 6 nitrogen and oxygen atoms in total. The number of hydrogen-bond acceptors (Lipinski definition) is 2. The van der Waals surface area contributed by atoms with Crippen LogP contribution in [0.1, 0.15) is 11.1 Å². The predicted octanol–water partition coefficient (Wildman–Crippen LogP) is 13.8. The van der Waals surface area contributed by atoms with E-state index in [4.69, 9.17) is 0 Å². The zero-order valence-electron chi connectivity index (χ0n) is 33.2. The smallest absolute Gasteiger partial charge is 0.101 e. The van der Waals surface area contributed by atoms with Gasteiger partial charge in [0, 0.05) is 54.5 Å². The summed E-state index contributed by atoms with van der Waals surface area (Å²) in [5.74, 6) is 0. The minimum atomic E-state index is 0.473. The largest absolute Gasteiger partial charge is 0.309 e. The zero-order chi connectivity index (χ0) is 41.1. The third kappa shape index (κ3) is 4.55. The molecular formula is C56H32N6. The summed E-state index contributed by atoms with van der Waals surface area (Å²) in [5, 5.41) is 31.0. The normalized spacial score (nSPS) is 11.8. The monoisotopic (exact) mass is 788 g/mol. The SMILES string of the molecule is N#Cc1ccc(C#N)c(-n2c3ccccc3c3cc4c(cc32)c2ccccc2n4-c2ccccc2)c1-n1c2ccccc2c2cc3c(cc21)c1ccccc1n3-c1ccccc1. The molecule has 9 aromatic carbocycles. The minimum Gasteiger partial charge on any atom is -0.309 e. The molecule has 0 N–H and O–H groups in total. The lowest BCUT2D eigenvalue weighted by Crippen LogP contribution is -2.08. The maximum absolute atomic E-state index is 11.1. The minimum absolute atomic E-state index is 0.473. The lowest BCUT2D eigenvalue weighted by molar-refractivity contribution is 1.08. The van der Waals surface area contributed by atoms with Gasteiger partial charge in [0.1, 0.15) is 12.1 Å². The number of nitriles is 2. The van der Waals surface area contributed by atoms with Crippen molar-refractivity contribution in [3.05, 3.63) is 205 Å². The van der Waals surface area contributed by atoms with Crippen molar-refractivity contribution in [3.8, 4) is 34.9 Å². The number of benzene rings is 9. The Morgan fingerprint density at radius 1 is 0.258 bits per heavy atom. The van der Waals surface area contributed by atoms with Crippen LogP contribution in [0.5, 0.6) is 0 Å². The molecular weight excluding hydrogens is 757 g/mol. The van der Waals surface area contributed by atoms with Gasteiger partial charge in [-0.25, -0.2) is 0 Å². The Morgan fingerprint density at radius 2 is 0.532 bits per heavy atom. The van der Waals surface area contributed by atoms with Crippen LogP contribution in [0, 0.1) is 22.7 Å². The molecule has 0 unspecified atom stereocenters. The van der Waals surface area contributed by atoms with Gasteiger partial charge in [-0.05, 0) is 84.9 Å². The first-order chi connectivity index (χ1) is 30.7. The van der Waals surface area contributed by atoms with E-state index in [1.54, 1.807) is 12.1 Å². The molecule has 0 saturated heterocycles. The van der Waals surface area contributed by atoms with Gasteiger partial charge in [-0.1, -0.05) is 109 Å². The Kier molecular flexibility index (Phi) is 7.05. The molecule has 4 heterocycles. The number of hydrogen-bond donors (Lipinski definition) is 0. The van der Waals surface area contributed by atoms with Crippen molar-refractivity contribution in [2.24, 2.45) is 0 Å². The summed E-state index contributed by atoms with van der Waals surface area (Å²) in [5.41, 5.74) is 12.7. The van der Waals surface area contributed by atoms with E-state index in [1.807, 2.05) is 12.1 Å². The van der Waals surface area contributed by atoms with E-state index in [0.717, 1.165) is 98.6 Å². The van der Waals surface area contributed by atoms with Gasteiger partial charge in [-0.15, -0.1) is 0 Å². The summed E-state index contributed by atoms with van der Waals surface area (Å²) < 4.78 is 9.14. The standard InChI is InChI=1S/C56H32N6/c57-33-35-27-28-36(34-58)56(62-50-26-14-10-22-42(50)46-30-52-44(32-54(46)62)40-20-8-12-24-48(40)60(52)38-17-5-2-6-18-38)55(35)61-49-25-13-9-21-41(49)45-29-51-43(31-53(45)61)39-19-7-11-23-47(39)59(51)37-15-3-1-4-16-37/h1-32H. The predicted molar refractivity (Wildman–Crippen MR) is 253 cm³/mol. The Balaban J connectivity index is 1.19. The molecule has 6 heteroatoms. The fourth-order valence-electron chi connectivity index (χ4n) is 10.3. The van der Waals surface area contributed by atoms with Gasteiger partial charge in [-0.2, -0.15) is 10.5 Å². The van der Waals surface area contributed by atoms with Crippen LogP contribution in [-0.2, 0) is 0 Å². The van der Waals surface area contributed by atoms with Crippen molar-refractivity contribution in [2.75, 3.05) is 0 Å². The van der Waals surface area contributed by atoms with Crippen LogP contribution in [0.2, 0.25) is 0 Å². The zero-order valence-corrected chi connectivity index (χ0v) is 33.2. The summed E-state index contributed by atoms with van der Waals surface area (Å²) in [4.78, 5) is 0. The molecule has 0 spiro atoms. The number of para-hydroxylation sites is 6. The third-order valence-electron chi connectivity index (χ3n) is 12.8. The summed E-state index contributed by atoms with van der Waals surface area (Å²) >= 11 is 0. The number of aromatic nitrogens is 4. The molecule has 0 aliphatic heterocycles. The first kappa shape index (κ1) is 34.1. The fourth-order valence-corrected chi connectivity index (χ4v) is 10.3. The molecule has 0 aliphatic carbocycles. The van der Waals surface area contributed by atoms with E-state index in [0.29, 0.717) is 22.5 Å². The second kappa shape index (κ2) is 12.8. The summed E-state index contributed by atoms with van der Waals surface area (Å²) in [7, 11) is 0. The van der Waals surface area contributed by atoms with Gasteiger partial charge in [0.15, 0.2) is 0 Å². The van der Waals surface area contributed by atoms with Crippen molar-refractivity contribution in [1.82, 2.24) is 18.3 Å². The average molecular weight is 789 g/mol. The molecule has 286 valence electrons. The molecule has 62 heavy (non-hydrogen) atoms. The molecule has 0 radical (unpaired) electrons. The molecule has 13 rings (SSSR count). The maximum Gasteiger partial charge on any atom is 0.101 e. The van der Waals surface area contributed by atoms with Crippen molar-refractivity contribution < 1.29 is 0 Å². The Hall–Kier alpha value is -8.84. The fraction of sp³-hybridized carbons (Fsp3) is 0. The molecule has 4 aromatic heterocycles. The van der Waals surface area contributed by atoms with Crippen LogP contribution in [0.3, 0.4) is 0 Å². The molecule has 0 bridgehead atoms. The number of rotatable bonds is 4. The lowest BCUT2D eigenvalue weighted by Gasteiger charge is -2.19. The molecule has 0 fully saturated rings. The highest BCUT2D eigenvalue weighted by molar-refractivity contribution is 6.21. The highest BCUT2D eigenvalue weighted by Crippen LogP contribution is 2.45. The van der Waals surface area contributed by atoms with Gasteiger partial charge < -0.3 is 18.3 Å². The van der Waals surface area contributed by atoms with Crippen molar-refractivity contribution in [2.45, 2.75) is 0 Å². The van der Waals surface area contributed by atoms with E-state index in [-0.39, 0.29) is 0 Å². The van der Waals surface area contributed by atoms with Crippen LogP contribution in [0.15, 0.2) is 194 Å². The first-order valence-corrected chi connectivity index (χ1v) is 20.7. The summed E-state index contributed by atoms with van der Waals surface area (Å²) in [6, 6.07) is 72.9. The van der Waals surface area contributed by atoms with E-state index in [2.05, 4.69) is 200 Å². The van der Waals surface area contributed by atoms with Crippen LogP contribution in [-0.4, -0.2) is 18.3 Å². The lowest BCUT2D eigenvalue weighted by atomic mass is 10.0. The quantitative estimate of drug-likeness (QED) is 0.178. The van der Waals surface area contributed by atoms with Gasteiger partial charge >= 0.3 is 0 Å².